The van der Waals surface area contributed by atoms with Crippen molar-refractivity contribution in [2.45, 2.75) is 38.9 Å². The third-order valence-corrected chi connectivity index (χ3v) is 3.56. The lowest BCUT2D eigenvalue weighted by molar-refractivity contribution is -0.171. The summed E-state index contributed by atoms with van der Waals surface area (Å²) in [6, 6.07) is 5.11. The molecule has 0 aromatic heterocycles. The number of carbonyl (C=O) groups is 1. The molecule has 0 saturated carbocycles. The number of nitrogens with zero attached hydrogens (tertiary/aromatic N) is 1. The van der Waals surface area contributed by atoms with Gasteiger partial charge in [0.25, 0.3) is 5.91 Å². The minimum absolute atomic E-state index is 0.141. The molecule has 2 N–H and O–H groups in total. The van der Waals surface area contributed by atoms with E-state index in [9.17, 15) is 4.79 Å². The van der Waals surface area contributed by atoms with E-state index >= 15 is 0 Å². The molecule has 1 amide bonds. The van der Waals surface area contributed by atoms with Crippen LogP contribution in [-0.2, 0) is 4.74 Å². The summed E-state index contributed by atoms with van der Waals surface area (Å²) in [4.78, 5) is 14.5. The first-order chi connectivity index (χ1) is 9.11. The van der Waals surface area contributed by atoms with Gasteiger partial charge in [-0.05, 0) is 39.8 Å². The molecular formula is C15H21ClN2O2. The van der Waals surface area contributed by atoms with Gasteiger partial charge in [-0.1, -0.05) is 17.7 Å². The van der Waals surface area contributed by atoms with Crippen molar-refractivity contribution in [2.24, 2.45) is 0 Å². The van der Waals surface area contributed by atoms with Crippen molar-refractivity contribution in [3.63, 3.8) is 0 Å². The van der Waals surface area contributed by atoms with Gasteiger partial charge in [-0.3, -0.25) is 4.79 Å². The Morgan fingerprint density at radius 1 is 1.25 bits per heavy atom. The lowest BCUT2D eigenvalue weighted by Crippen LogP contribution is -2.58. The lowest BCUT2D eigenvalue weighted by Gasteiger charge is -2.47. The number of nitrogen functional groups attached to an aromatic ring is 1. The predicted molar refractivity (Wildman–Crippen MR) is 81.0 cm³/mol. The summed E-state index contributed by atoms with van der Waals surface area (Å²) in [5.41, 5.74) is 5.89. The van der Waals surface area contributed by atoms with Crippen LogP contribution in [0.2, 0.25) is 5.02 Å². The lowest BCUT2D eigenvalue weighted by atomic mass is 9.98. The number of rotatable bonds is 1. The maximum Gasteiger partial charge on any atom is 0.257 e. The first-order valence-corrected chi connectivity index (χ1v) is 7.03. The van der Waals surface area contributed by atoms with E-state index in [0.717, 1.165) is 0 Å². The molecule has 1 aliphatic heterocycles. The van der Waals surface area contributed by atoms with Crippen molar-refractivity contribution < 1.29 is 9.53 Å². The second kappa shape index (κ2) is 4.93. The van der Waals surface area contributed by atoms with E-state index in [-0.39, 0.29) is 5.91 Å². The Morgan fingerprint density at radius 3 is 2.30 bits per heavy atom. The Labute approximate surface area is 124 Å². The first kappa shape index (κ1) is 15.1. The van der Waals surface area contributed by atoms with Crippen molar-refractivity contribution in [2.75, 3.05) is 18.8 Å². The summed E-state index contributed by atoms with van der Waals surface area (Å²) < 4.78 is 5.98. The van der Waals surface area contributed by atoms with Crippen molar-refractivity contribution in [3.8, 4) is 0 Å². The van der Waals surface area contributed by atoms with Crippen LogP contribution in [0.15, 0.2) is 18.2 Å². The zero-order valence-electron chi connectivity index (χ0n) is 12.4. The Balaban J connectivity index is 2.34. The summed E-state index contributed by atoms with van der Waals surface area (Å²) in [5, 5.41) is 0.386. The summed E-state index contributed by atoms with van der Waals surface area (Å²) in [7, 11) is 0. The molecule has 1 heterocycles. The number of carbonyl (C=O) groups excluding carboxylic acids is 1. The normalized spacial score (nSPS) is 20.8. The third kappa shape index (κ3) is 3.07. The number of amides is 1. The monoisotopic (exact) mass is 296 g/mol. The maximum atomic E-state index is 12.7. The summed E-state index contributed by atoms with van der Waals surface area (Å²) >= 11 is 6.13. The molecule has 0 bridgehead atoms. The van der Waals surface area contributed by atoms with E-state index in [0.29, 0.717) is 29.4 Å². The van der Waals surface area contributed by atoms with Crippen LogP contribution in [0.3, 0.4) is 0 Å². The van der Waals surface area contributed by atoms with Crippen molar-refractivity contribution in [3.05, 3.63) is 28.8 Å². The van der Waals surface area contributed by atoms with Gasteiger partial charge >= 0.3 is 0 Å². The molecular weight excluding hydrogens is 276 g/mol. The number of ether oxygens (including phenoxy) is 1. The molecule has 0 aliphatic carbocycles. The Kier molecular flexibility index (Phi) is 3.73. The first-order valence-electron chi connectivity index (χ1n) is 6.65. The van der Waals surface area contributed by atoms with Crippen LogP contribution in [-0.4, -0.2) is 35.1 Å². The highest BCUT2D eigenvalue weighted by Crippen LogP contribution is 2.31. The Hall–Kier alpha value is -1.26. The van der Waals surface area contributed by atoms with E-state index in [1.165, 1.54) is 0 Å². The number of benzene rings is 1. The predicted octanol–water partition coefficient (Wildman–Crippen LogP) is 2.95. The average Bonchev–Trinajstić information content (AvgIpc) is 2.24. The van der Waals surface area contributed by atoms with Crippen LogP contribution in [0, 0.1) is 0 Å². The van der Waals surface area contributed by atoms with E-state index in [1.54, 1.807) is 23.1 Å². The summed E-state index contributed by atoms with van der Waals surface area (Å²) in [6.45, 7) is 8.93. The van der Waals surface area contributed by atoms with Crippen LogP contribution in [0.1, 0.15) is 38.1 Å². The molecule has 0 unspecified atom stereocenters. The minimum atomic E-state index is -0.395. The fraction of sp³-hybridized carbons (Fsp3) is 0.533. The Morgan fingerprint density at radius 2 is 1.80 bits per heavy atom. The molecule has 5 heteroatoms. The topological polar surface area (TPSA) is 55.6 Å². The number of nitrogens with two attached hydrogens (primary N) is 1. The Bertz CT molecular complexity index is 504. The molecule has 1 fully saturated rings. The zero-order valence-corrected chi connectivity index (χ0v) is 13.1. The third-order valence-electron chi connectivity index (χ3n) is 3.24. The van der Waals surface area contributed by atoms with Gasteiger partial charge in [-0.15, -0.1) is 0 Å². The van der Waals surface area contributed by atoms with Crippen LogP contribution >= 0.6 is 11.6 Å². The zero-order chi connectivity index (χ0) is 15.1. The van der Waals surface area contributed by atoms with Gasteiger partial charge in [0.05, 0.1) is 21.8 Å². The SMILES string of the molecule is CC1(C)CN(C(=O)c2c(N)cccc2Cl)CC(C)(C)O1. The summed E-state index contributed by atoms with van der Waals surface area (Å²) in [6.07, 6.45) is 0. The molecule has 1 aromatic carbocycles. The fourth-order valence-electron chi connectivity index (χ4n) is 2.86. The molecule has 110 valence electrons. The molecule has 0 radical (unpaired) electrons. The van der Waals surface area contributed by atoms with Gasteiger partial charge in [-0.2, -0.15) is 0 Å². The number of morpholine rings is 1. The minimum Gasteiger partial charge on any atom is -0.398 e. The van der Waals surface area contributed by atoms with E-state index in [1.807, 2.05) is 27.7 Å². The second-order valence-corrected chi connectivity index (χ2v) is 6.89. The molecule has 0 spiro atoms. The highest BCUT2D eigenvalue weighted by atomic mass is 35.5. The number of halogens is 1. The van der Waals surface area contributed by atoms with Gasteiger partial charge in [0.1, 0.15) is 0 Å². The fourth-order valence-corrected chi connectivity index (χ4v) is 3.12. The standard InChI is InChI=1S/C15H21ClN2O2/c1-14(2)8-18(9-15(3,4)20-14)13(19)12-10(16)6-5-7-11(12)17/h5-7H,8-9,17H2,1-4H3. The van der Waals surface area contributed by atoms with Gasteiger partial charge < -0.3 is 15.4 Å². The summed E-state index contributed by atoms with van der Waals surface area (Å²) in [5.74, 6) is -0.141. The second-order valence-electron chi connectivity index (χ2n) is 6.49. The van der Waals surface area contributed by atoms with Crippen LogP contribution in [0.25, 0.3) is 0 Å². The largest absolute Gasteiger partial charge is 0.398 e. The van der Waals surface area contributed by atoms with Gasteiger partial charge in [0, 0.05) is 18.8 Å². The number of hydrogen-bond acceptors (Lipinski definition) is 3. The van der Waals surface area contributed by atoms with Crippen LogP contribution in [0.4, 0.5) is 5.69 Å². The van der Waals surface area contributed by atoms with Crippen molar-refractivity contribution in [1.82, 2.24) is 4.90 Å². The molecule has 20 heavy (non-hydrogen) atoms. The molecule has 4 nitrogen and oxygen atoms in total. The molecule has 0 atom stereocenters. The van der Waals surface area contributed by atoms with Crippen LogP contribution < -0.4 is 5.73 Å². The van der Waals surface area contributed by atoms with Crippen molar-refractivity contribution >= 4 is 23.2 Å². The van der Waals surface area contributed by atoms with Gasteiger partial charge in [-0.25, -0.2) is 0 Å². The number of anilines is 1. The quantitative estimate of drug-likeness (QED) is 0.811. The molecule has 2 rings (SSSR count). The molecule has 1 aromatic rings. The van der Waals surface area contributed by atoms with Crippen LogP contribution in [0.5, 0.6) is 0 Å². The van der Waals surface area contributed by atoms with Gasteiger partial charge in [0.2, 0.25) is 0 Å². The van der Waals surface area contributed by atoms with E-state index in [4.69, 9.17) is 22.1 Å². The number of hydrogen-bond donors (Lipinski definition) is 1. The molecule has 1 aliphatic rings. The van der Waals surface area contributed by atoms with E-state index < -0.39 is 11.2 Å². The highest BCUT2D eigenvalue weighted by Gasteiger charge is 2.40. The highest BCUT2D eigenvalue weighted by molar-refractivity contribution is 6.34. The smallest absolute Gasteiger partial charge is 0.257 e. The average molecular weight is 297 g/mol. The van der Waals surface area contributed by atoms with Crippen molar-refractivity contribution in [1.29, 1.82) is 0 Å². The molecule has 1 saturated heterocycles. The van der Waals surface area contributed by atoms with E-state index in [2.05, 4.69) is 0 Å². The van der Waals surface area contributed by atoms with Gasteiger partial charge in [0.15, 0.2) is 0 Å². The maximum absolute atomic E-state index is 12.7.